The molecule has 0 aliphatic heterocycles. The van der Waals surface area contributed by atoms with Gasteiger partial charge < -0.3 is 5.32 Å². The van der Waals surface area contributed by atoms with Gasteiger partial charge in [0.2, 0.25) is 0 Å². The number of thiazole rings is 1. The Hall–Kier alpha value is -1.20. The summed E-state index contributed by atoms with van der Waals surface area (Å²) < 4.78 is 2.10. The van der Waals surface area contributed by atoms with Gasteiger partial charge in [0.15, 0.2) is 0 Å². The number of nitrogens with zero attached hydrogens (tertiary/aromatic N) is 3. The van der Waals surface area contributed by atoms with Gasteiger partial charge in [0, 0.05) is 24.0 Å². The van der Waals surface area contributed by atoms with Gasteiger partial charge in [0.05, 0.1) is 22.9 Å². The van der Waals surface area contributed by atoms with E-state index < -0.39 is 0 Å². The third-order valence-corrected chi connectivity index (χ3v) is 3.92. The summed E-state index contributed by atoms with van der Waals surface area (Å²) in [5.74, 6) is 0. The van der Waals surface area contributed by atoms with E-state index in [1.807, 2.05) is 18.8 Å². The first kappa shape index (κ1) is 13.2. The predicted octanol–water partition coefficient (Wildman–Crippen LogP) is 2.43. The van der Waals surface area contributed by atoms with Crippen LogP contribution in [0.5, 0.6) is 0 Å². The number of nitrogens with one attached hydrogen (secondary N) is 1. The smallest absolute Gasteiger partial charge is 0.0794 e. The topological polar surface area (TPSA) is 42.7 Å². The average Bonchev–Trinajstić information content (AvgIpc) is 3.04. The molecule has 0 saturated carbocycles. The van der Waals surface area contributed by atoms with Crippen LogP contribution >= 0.6 is 11.3 Å². The van der Waals surface area contributed by atoms with Gasteiger partial charge in [-0.25, -0.2) is 0 Å². The SMILES string of the molecule is CCc1cc(C(Cc2cncs2)NC)n(CC)n1. The molecule has 0 amide bonds. The van der Waals surface area contributed by atoms with Gasteiger partial charge in [0.1, 0.15) is 0 Å². The molecule has 0 fully saturated rings. The second-order valence-electron chi connectivity index (χ2n) is 4.24. The number of hydrogen-bond donors (Lipinski definition) is 1. The zero-order chi connectivity index (χ0) is 13.0. The third-order valence-electron chi connectivity index (χ3n) is 3.12. The van der Waals surface area contributed by atoms with E-state index >= 15 is 0 Å². The maximum Gasteiger partial charge on any atom is 0.0794 e. The van der Waals surface area contributed by atoms with Crippen molar-refractivity contribution < 1.29 is 0 Å². The van der Waals surface area contributed by atoms with E-state index in [4.69, 9.17) is 0 Å². The lowest BCUT2D eigenvalue weighted by atomic mass is 10.1. The van der Waals surface area contributed by atoms with Crippen LogP contribution in [-0.2, 0) is 19.4 Å². The quantitative estimate of drug-likeness (QED) is 0.871. The fraction of sp³-hybridized carbons (Fsp3) is 0.538. The molecule has 1 N–H and O–H groups in total. The van der Waals surface area contributed by atoms with Crippen molar-refractivity contribution in [1.82, 2.24) is 20.1 Å². The lowest BCUT2D eigenvalue weighted by molar-refractivity contribution is 0.514. The minimum absolute atomic E-state index is 0.304. The van der Waals surface area contributed by atoms with Crippen LogP contribution in [0, 0.1) is 0 Å². The zero-order valence-corrected chi connectivity index (χ0v) is 12.0. The Kier molecular flexibility index (Phi) is 4.49. The zero-order valence-electron chi connectivity index (χ0n) is 11.2. The Labute approximate surface area is 112 Å². The first-order valence-corrected chi connectivity index (χ1v) is 7.27. The second kappa shape index (κ2) is 6.11. The fourth-order valence-electron chi connectivity index (χ4n) is 2.09. The molecular formula is C13H20N4S. The summed E-state index contributed by atoms with van der Waals surface area (Å²) in [7, 11) is 2.00. The van der Waals surface area contributed by atoms with Crippen LogP contribution in [0.4, 0.5) is 0 Å². The van der Waals surface area contributed by atoms with Crippen molar-refractivity contribution in [2.24, 2.45) is 0 Å². The van der Waals surface area contributed by atoms with Crippen LogP contribution in [0.15, 0.2) is 17.8 Å². The Morgan fingerprint density at radius 2 is 2.28 bits per heavy atom. The van der Waals surface area contributed by atoms with E-state index in [2.05, 4.69) is 40.0 Å². The number of hydrogen-bond acceptors (Lipinski definition) is 4. The molecule has 0 radical (unpaired) electrons. The van der Waals surface area contributed by atoms with Crippen molar-refractivity contribution in [3.05, 3.63) is 34.0 Å². The van der Waals surface area contributed by atoms with Gasteiger partial charge in [-0.05, 0) is 26.5 Å². The van der Waals surface area contributed by atoms with Gasteiger partial charge in [0.25, 0.3) is 0 Å². The summed E-state index contributed by atoms with van der Waals surface area (Å²) >= 11 is 1.71. The van der Waals surface area contributed by atoms with Crippen molar-refractivity contribution >= 4 is 11.3 Å². The molecule has 1 atom stereocenters. The monoisotopic (exact) mass is 264 g/mol. The Balaban J connectivity index is 2.23. The van der Waals surface area contributed by atoms with Gasteiger partial charge in [-0.1, -0.05) is 6.92 Å². The predicted molar refractivity (Wildman–Crippen MR) is 74.9 cm³/mol. The Bertz CT molecular complexity index is 475. The first-order chi connectivity index (χ1) is 8.78. The van der Waals surface area contributed by atoms with Crippen LogP contribution in [0.25, 0.3) is 0 Å². The van der Waals surface area contributed by atoms with E-state index in [0.717, 1.165) is 25.1 Å². The molecule has 2 rings (SSSR count). The molecule has 2 aromatic rings. The highest BCUT2D eigenvalue weighted by Gasteiger charge is 2.17. The minimum atomic E-state index is 0.304. The molecule has 0 aliphatic rings. The molecule has 0 spiro atoms. The van der Waals surface area contributed by atoms with Crippen LogP contribution in [0.3, 0.4) is 0 Å². The number of likely N-dealkylation sites (N-methyl/N-ethyl adjacent to an activating group) is 1. The van der Waals surface area contributed by atoms with E-state index in [9.17, 15) is 0 Å². The highest BCUT2D eigenvalue weighted by Crippen LogP contribution is 2.21. The highest BCUT2D eigenvalue weighted by atomic mass is 32.1. The third kappa shape index (κ3) is 2.79. The molecule has 0 saturated heterocycles. The number of rotatable bonds is 6. The van der Waals surface area contributed by atoms with Crippen LogP contribution in [-0.4, -0.2) is 21.8 Å². The molecule has 0 aliphatic carbocycles. The van der Waals surface area contributed by atoms with Gasteiger partial charge in [-0.3, -0.25) is 9.67 Å². The Morgan fingerprint density at radius 1 is 1.44 bits per heavy atom. The highest BCUT2D eigenvalue weighted by molar-refractivity contribution is 7.09. The van der Waals surface area contributed by atoms with E-state index in [1.54, 1.807) is 11.3 Å². The van der Waals surface area contributed by atoms with Gasteiger partial charge in [-0.15, -0.1) is 11.3 Å². The molecule has 18 heavy (non-hydrogen) atoms. The van der Waals surface area contributed by atoms with E-state index in [1.165, 1.54) is 10.6 Å². The first-order valence-electron chi connectivity index (χ1n) is 6.39. The van der Waals surface area contributed by atoms with Gasteiger partial charge in [-0.2, -0.15) is 5.10 Å². The summed E-state index contributed by atoms with van der Waals surface area (Å²) in [5.41, 5.74) is 4.32. The maximum absolute atomic E-state index is 4.61. The summed E-state index contributed by atoms with van der Waals surface area (Å²) in [6.07, 6.45) is 3.90. The molecule has 1 unspecified atom stereocenters. The molecule has 2 heterocycles. The normalized spacial score (nSPS) is 12.8. The maximum atomic E-state index is 4.61. The molecule has 98 valence electrons. The second-order valence-corrected chi connectivity index (χ2v) is 5.21. The summed E-state index contributed by atoms with van der Waals surface area (Å²) in [6.45, 7) is 5.19. The molecule has 0 aromatic carbocycles. The van der Waals surface area contributed by atoms with Crippen LogP contribution < -0.4 is 5.32 Å². The summed E-state index contributed by atoms with van der Waals surface area (Å²) in [6, 6.07) is 2.52. The molecule has 5 heteroatoms. The largest absolute Gasteiger partial charge is 0.311 e. The lowest BCUT2D eigenvalue weighted by Crippen LogP contribution is -2.22. The lowest BCUT2D eigenvalue weighted by Gasteiger charge is -2.16. The van der Waals surface area contributed by atoms with Crippen molar-refractivity contribution in [2.45, 2.75) is 39.3 Å². The van der Waals surface area contributed by atoms with Crippen LogP contribution in [0.2, 0.25) is 0 Å². The molecular weight excluding hydrogens is 244 g/mol. The number of aryl methyl sites for hydroxylation is 2. The molecule has 0 bridgehead atoms. The van der Waals surface area contributed by atoms with Crippen LogP contribution in [0.1, 0.15) is 36.2 Å². The molecule has 2 aromatic heterocycles. The number of aromatic nitrogens is 3. The standard InChI is InChI=1S/C13H20N4S/c1-4-10-6-13(17(5-2)16-10)12(14-3)7-11-8-15-9-18-11/h6,8-9,12,14H,4-5,7H2,1-3H3. The Morgan fingerprint density at radius 3 is 2.83 bits per heavy atom. The van der Waals surface area contributed by atoms with Gasteiger partial charge >= 0.3 is 0 Å². The van der Waals surface area contributed by atoms with Crippen molar-refractivity contribution in [3.8, 4) is 0 Å². The van der Waals surface area contributed by atoms with Crippen molar-refractivity contribution in [3.63, 3.8) is 0 Å². The molecule has 4 nitrogen and oxygen atoms in total. The fourth-order valence-corrected chi connectivity index (χ4v) is 2.73. The minimum Gasteiger partial charge on any atom is -0.311 e. The summed E-state index contributed by atoms with van der Waals surface area (Å²) in [4.78, 5) is 5.44. The van der Waals surface area contributed by atoms with E-state index in [0.29, 0.717) is 6.04 Å². The van der Waals surface area contributed by atoms with Crippen molar-refractivity contribution in [1.29, 1.82) is 0 Å². The summed E-state index contributed by atoms with van der Waals surface area (Å²) in [5, 5.41) is 8.00. The van der Waals surface area contributed by atoms with Crippen molar-refractivity contribution in [2.75, 3.05) is 7.05 Å². The van der Waals surface area contributed by atoms with E-state index in [-0.39, 0.29) is 0 Å². The average molecular weight is 264 g/mol.